The summed E-state index contributed by atoms with van der Waals surface area (Å²) in [6, 6.07) is 0. The standard InChI is InChI=1S/C10H17ClO4/c1-4-6-8(11)9(15-7(3)12)10(13)14-5-2/h8-9H,4-6H2,1-3H3/t8-,9+/m1/s1. The van der Waals surface area contributed by atoms with Crippen LogP contribution in [0, 0.1) is 0 Å². The number of hydrogen-bond donors (Lipinski definition) is 0. The molecule has 0 N–H and O–H groups in total. The van der Waals surface area contributed by atoms with Crippen molar-refractivity contribution in [2.24, 2.45) is 0 Å². The van der Waals surface area contributed by atoms with E-state index in [2.05, 4.69) is 0 Å². The van der Waals surface area contributed by atoms with Gasteiger partial charge in [0.25, 0.3) is 0 Å². The van der Waals surface area contributed by atoms with Gasteiger partial charge in [-0.05, 0) is 13.3 Å². The molecule has 0 bridgehead atoms. The van der Waals surface area contributed by atoms with E-state index >= 15 is 0 Å². The monoisotopic (exact) mass is 236 g/mol. The van der Waals surface area contributed by atoms with Crippen molar-refractivity contribution in [1.29, 1.82) is 0 Å². The summed E-state index contributed by atoms with van der Waals surface area (Å²) < 4.78 is 9.61. The molecule has 0 aliphatic rings. The molecule has 15 heavy (non-hydrogen) atoms. The molecular formula is C10H17ClO4. The Morgan fingerprint density at radius 1 is 1.33 bits per heavy atom. The fraction of sp³-hybridized carbons (Fsp3) is 0.800. The molecule has 0 amide bonds. The average molecular weight is 237 g/mol. The van der Waals surface area contributed by atoms with E-state index in [-0.39, 0.29) is 6.61 Å². The number of carbonyl (C=O) groups excluding carboxylic acids is 2. The Labute approximate surface area is 94.9 Å². The van der Waals surface area contributed by atoms with Crippen molar-refractivity contribution in [2.45, 2.75) is 45.1 Å². The first-order chi connectivity index (χ1) is 7.02. The van der Waals surface area contributed by atoms with Crippen LogP contribution in [0.25, 0.3) is 0 Å². The van der Waals surface area contributed by atoms with Crippen molar-refractivity contribution < 1.29 is 19.1 Å². The summed E-state index contributed by atoms with van der Waals surface area (Å²) in [5, 5.41) is -0.530. The second-order valence-corrected chi connectivity index (χ2v) is 3.65. The van der Waals surface area contributed by atoms with E-state index in [0.717, 1.165) is 6.42 Å². The summed E-state index contributed by atoms with van der Waals surface area (Å²) in [5.74, 6) is -1.11. The molecular weight excluding hydrogens is 220 g/mol. The largest absolute Gasteiger partial charge is 0.463 e. The zero-order valence-corrected chi connectivity index (χ0v) is 10.0. The van der Waals surface area contributed by atoms with Crippen LogP contribution in [0.15, 0.2) is 0 Å². The molecule has 0 aliphatic heterocycles. The molecule has 0 saturated carbocycles. The van der Waals surface area contributed by atoms with Crippen LogP contribution >= 0.6 is 11.6 Å². The molecule has 4 nitrogen and oxygen atoms in total. The van der Waals surface area contributed by atoms with Crippen molar-refractivity contribution in [3.05, 3.63) is 0 Å². The molecule has 0 aromatic heterocycles. The van der Waals surface area contributed by atoms with E-state index in [4.69, 9.17) is 21.1 Å². The summed E-state index contributed by atoms with van der Waals surface area (Å²) in [7, 11) is 0. The quantitative estimate of drug-likeness (QED) is 0.522. The summed E-state index contributed by atoms with van der Waals surface area (Å²) >= 11 is 5.94. The van der Waals surface area contributed by atoms with Crippen molar-refractivity contribution in [3.63, 3.8) is 0 Å². The minimum atomic E-state index is -0.996. The molecule has 0 radical (unpaired) electrons. The van der Waals surface area contributed by atoms with Gasteiger partial charge in [0.1, 0.15) is 0 Å². The number of alkyl halides is 1. The Bertz CT molecular complexity index is 217. The minimum absolute atomic E-state index is 0.242. The summed E-state index contributed by atoms with van der Waals surface area (Å²) in [6.45, 7) is 5.10. The Hall–Kier alpha value is -0.770. The van der Waals surface area contributed by atoms with Crippen molar-refractivity contribution in [2.75, 3.05) is 6.61 Å². The van der Waals surface area contributed by atoms with Crippen LogP contribution in [0.2, 0.25) is 0 Å². The average Bonchev–Trinajstić information content (AvgIpc) is 2.14. The van der Waals surface area contributed by atoms with Gasteiger partial charge in [0.2, 0.25) is 6.10 Å². The lowest BCUT2D eigenvalue weighted by Crippen LogP contribution is -2.36. The van der Waals surface area contributed by atoms with Crippen LogP contribution < -0.4 is 0 Å². The molecule has 0 rings (SSSR count). The first-order valence-corrected chi connectivity index (χ1v) is 5.44. The minimum Gasteiger partial charge on any atom is -0.463 e. The van der Waals surface area contributed by atoms with Gasteiger partial charge in [0.15, 0.2) is 0 Å². The van der Waals surface area contributed by atoms with Gasteiger partial charge in [-0.3, -0.25) is 4.79 Å². The fourth-order valence-electron chi connectivity index (χ4n) is 1.10. The van der Waals surface area contributed by atoms with Crippen molar-refractivity contribution >= 4 is 23.5 Å². The van der Waals surface area contributed by atoms with Gasteiger partial charge in [-0.1, -0.05) is 13.3 Å². The molecule has 88 valence electrons. The number of hydrogen-bond acceptors (Lipinski definition) is 4. The topological polar surface area (TPSA) is 52.6 Å². The lowest BCUT2D eigenvalue weighted by molar-refractivity contribution is -0.166. The third kappa shape index (κ3) is 5.62. The molecule has 0 aliphatic carbocycles. The number of halogens is 1. The molecule has 0 aromatic carbocycles. The van der Waals surface area contributed by atoms with Crippen molar-refractivity contribution in [1.82, 2.24) is 0 Å². The Kier molecular flexibility index (Phi) is 7.13. The molecule has 0 saturated heterocycles. The highest BCUT2D eigenvalue weighted by Crippen LogP contribution is 2.15. The van der Waals surface area contributed by atoms with Gasteiger partial charge in [0, 0.05) is 6.92 Å². The Morgan fingerprint density at radius 2 is 1.93 bits per heavy atom. The number of carbonyl (C=O) groups is 2. The number of rotatable bonds is 6. The molecule has 0 aromatic rings. The first-order valence-electron chi connectivity index (χ1n) is 5.00. The van der Waals surface area contributed by atoms with Crippen LogP contribution in [0.5, 0.6) is 0 Å². The van der Waals surface area contributed by atoms with Crippen molar-refractivity contribution in [3.8, 4) is 0 Å². The third-order valence-electron chi connectivity index (χ3n) is 1.70. The van der Waals surface area contributed by atoms with Gasteiger partial charge in [-0.25, -0.2) is 4.79 Å². The highest BCUT2D eigenvalue weighted by Gasteiger charge is 2.30. The van der Waals surface area contributed by atoms with Crippen LogP contribution in [-0.2, 0) is 19.1 Å². The lowest BCUT2D eigenvalue weighted by Gasteiger charge is -2.19. The normalized spacial score (nSPS) is 14.1. The van der Waals surface area contributed by atoms with Gasteiger partial charge >= 0.3 is 11.9 Å². The molecule has 5 heteroatoms. The van der Waals surface area contributed by atoms with Crippen LogP contribution in [0.3, 0.4) is 0 Å². The number of esters is 2. The highest BCUT2D eigenvalue weighted by molar-refractivity contribution is 6.22. The molecule has 0 fully saturated rings. The van der Waals surface area contributed by atoms with E-state index in [1.165, 1.54) is 6.92 Å². The summed E-state index contributed by atoms with van der Waals surface area (Å²) in [4.78, 5) is 22.2. The van der Waals surface area contributed by atoms with Gasteiger partial charge in [0.05, 0.1) is 12.0 Å². The predicted molar refractivity (Wildman–Crippen MR) is 56.7 cm³/mol. The zero-order valence-electron chi connectivity index (χ0n) is 9.29. The maximum atomic E-state index is 11.4. The zero-order chi connectivity index (χ0) is 11.8. The highest BCUT2D eigenvalue weighted by atomic mass is 35.5. The molecule has 0 unspecified atom stereocenters. The van der Waals surface area contributed by atoms with E-state index in [1.54, 1.807) is 6.92 Å². The maximum Gasteiger partial charge on any atom is 0.349 e. The smallest absolute Gasteiger partial charge is 0.349 e. The number of ether oxygens (including phenoxy) is 2. The predicted octanol–water partition coefficient (Wildman–Crippen LogP) is 1.89. The van der Waals surface area contributed by atoms with Crippen LogP contribution in [0.4, 0.5) is 0 Å². The molecule has 0 spiro atoms. The van der Waals surface area contributed by atoms with E-state index < -0.39 is 23.4 Å². The van der Waals surface area contributed by atoms with Gasteiger partial charge < -0.3 is 9.47 Å². The van der Waals surface area contributed by atoms with E-state index in [9.17, 15) is 9.59 Å². The molecule has 2 atom stereocenters. The molecule has 0 heterocycles. The summed E-state index contributed by atoms with van der Waals surface area (Å²) in [5.41, 5.74) is 0. The van der Waals surface area contributed by atoms with Gasteiger partial charge in [-0.2, -0.15) is 0 Å². The first kappa shape index (κ1) is 14.2. The lowest BCUT2D eigenvalue weighted by atomic mass is 10.1. The van der Waals surface area contributed by atoms with E-state index in [1.807, 2.05) is 6.92 Å². The Balaban J connectivity index is 4.41. The second kappa shape index (κ2) is 7.51. The maximum absolute atomic E-state index is 11.4. The fourth-order valence-corrected chi connectivity index (χ4v) is 1.47. The Morgan fingerprint density at radius 3 is 2.33 bits per heavy atom. The summed E-state index contributed by atoms with van der Waals surface area (Å²) in [6.07, 6.45) is 0.410. The van der Waals surface area contributed by atoms with Crippen LogP contribution in [0.1, 0.15) is 33.6 Å². The SMILES string of the molecule is CCC[C@@H](Cl)[C@H](OC(C)=O)C(=O)OCC. The van der Waals surface area contributed by atoms with E-state index in [0.29, 0.717) is 6.42 Å². The second-order valence-electron chi connectivity index (χ2n) is 3.09. The third-order valence-corrected chi connectivity index (χ3v) is 2.15. The van der Waals surface area contributed by atoms with Gasteiger partial charge in [-0.15, -0.1) is 11.6 Å². The van der Waals surface area contributed by atoms with Crippen LogP contribution in [-0.4, -0.2) is 30.0 Å².